The second kappa shape index (κ2) is 11.8. The number of furan rings is 1. The largest absolute Gasteiger partial charge is 0.490 e. The van der Waals surface area contributed by atoms with Gasteiger partial charge in [-0.25, -0.2) is 0 Å². The monoisotopic (exact) mass is 702 g/mol. The molecule has 0 spiro atoms. The third-order valence-electron chi connectivity index (χ3n) is 11.2. The topological polar surface area (TPSA) is 56.5 Å². The van der Waals surface area contributed by atoms with Crippen molar-refractivity contribution in [2.45, 2.75) is 59.8 Å². The summed E-state index contributed by atoms with van der Waals surface area (Å²) in [6.45, 7) is 15.8. The molecule has 0 saturated heterocycles. The molecule has 0 fully saturated rings. The van der Waals surface area contributed by atoms with Gasteiger partial charge in [0.2, 0.25) is 0 Å². The Bertz CT molecular complexity index is 2460. The fourth-order valence-corrected chi connectivity index (χ4v) is 8.76. The maximum absolute atomic E-state index is 7.07. The van der Waals surface area contributed by atoms with Crippen LogP contribution in [0, 0.1) is 20.8 Å². The van der Waals surface area contributed by atoms with Crippen LogP contribution in [0.15, 0.2) is 83.3 Å². The third-order valence-corrected chi connectivity index (χ3v) is 11.2. The Morgan fingerprint density at radius 3 is 1.92 bits per heavy atom. The molecule has 0 unspecified atom stereocenters. The van der Waals surface area contributed by atoms with Gasteiger partial charge in [-0.15, -0.1) is 0 Å². The Morgan fingerprint density at radius 1 is 0.604 bits per heavy atom. The van der Waals surface area contributed by atoms with Crippen molar-refractivity contribution in [2.75, 3.05) is 36.2 Å². The fourth-order valence-electron chi connectivity index (χ4n) is 8.76. The number of anilines is 6. The maximum atomic E-state index is 7.07. The number of aryl methyl sites for hydroxylation is 3. The van der Waals surface area contributed by atoms with E-state index in [4.69, 9.17) is 23.4 Å². The number of hydrogen-bond donors (Lipinski definition) is 0. The molecule has 0 radical (unpaired) electrons. The van der Waals surface area contributed by atoms with Crippen LogP contribution in [0.4, 0.5) is 34.1 Å². The fraction of sp³-hybridized carbons (Fsp3) is 0.289. The highest BCUT2D eigenvalue weighted by molar-refractivity contribution is 7.00. The zero-order valence-corrected chi connectivity index (χ0v) is 31.3. The van der Waals surface area contributed by atoms with Crippen LogP contribution in [0.1, 0.15) is 55.9 Å². The molecule has 0 aliphatic carbocycles. The minimum atomic E-state index is -0.197. The molecule has 53 heavy (non-hydrogen) atoms. The van der Waals surface area contributed by atoms with Crippen LogP contribution in [-0.2, 0) is 5.41 Å². The number of fused-ring (bicyclic) bond motifs is 8. The van der Waals surface area contributed by atoms with Gasteiger partial charge >= 0.3 is 0 Å². The van der Waals surface area contributed by atoms with Crippen LogP contribution in [-0.4, -0.2) is 33.1 Å². The van der Waals surface area contributed by atoms with E-state index in [1.165, 1.54) is 27.8 Å². The highest BCUT2D eigenvalue weighted by Gasteiger charge is 2.48. The van der Waals surface area contributed by atoms with Gasteiger partial charge in [-0.2, -0.15) is 0 Å². The molecule has 10 rings (SSSR count). The molecule has 0 N–H and O–H groups in total. The zero-order chi connectivity index (χ0) is 36.2. The molecule has 0 atom stereocenters. The standard InChI is InChI=1S/C45H43BN2O5/c1-26-19-34-41-35(20-26)48(42-27(2)21-29(22-28(42)3)45(4,5)6)43-31-11-7-8-12-36(31)53-44(43)46(41)32-24-39-40(52-18-10-17-51-39)25-33(32)47(34)30-13-14-37-38(23-30)50-16-9-15-49-37/h7-8,11-14,19-25H,9-10,15-18H2,1-6H3. The molecular weight excluding hydrogens is 659 g/mol. The first-order valence-corrected chi connectivity index (χ1v) is 18.9. The highest BCUT2D eigenvalue weighted by atomic mass is 16.5. The maximum Gasteiger partial charge on any atom is 0.297 e. The van der Waals surface area contributed by atoms with Gasteiger partial charge in [-0.05, 0) is 102 Å². The van der Waals surface area contributed by atoms with E-state index < -0.39 is 0 Å². The van der Waals surface area contributed by atoms with E-state index >= 15 is 0 Å². The lowest BCUT2D eigenvalue weighted by Gasteiger charge is -2.43. The first kappa shape index (κ1) is 32.2. The summed E-state index contributed by atoms with van der Waals surface area (Å²) in [5, 5.41) is 1.09. The van der Waals surface area contributed by atoms with Crippen LogP contribution in [0.3, 0.4) is 0 Å². The molecule has 6 aromatic rings. The van der Waals surface area contributed by atoms with Crippen LogP contribution >= 0.6 is 0 Å². The lowest BCUT2D eigenvalue weighted by atomic mass is 9.35. The number of para-hydroxylation sites is 1. The Kier molecular flexibility index (Phi) is 7.14. The van der Waals surface area contributed by atoms with Gasteiger partial charge in [0.05, 0.1) is 49.1 Å². The molecule has 0 saturated carbocycles. The Labute approximate surface area is 311 Å². The lowest BCUT2D eigenvalue weighted by molar-refractivity contribution is 0.296. The molecule has 1 aromatic heterocycles. The van der Waals surface area contributed by atoms with Crippen molar-refractivity contribution in [3.05, 3.63) is 101 Å². The smallest absolute Gasteiger partial charge is 0.297 e. The average Bonchev–Trinajstić information content (AvgIpc) is 3.24. The Morgan fingerprint density at radius 2 is 1.23 bits per heavy atom. The minimum Gasteiger partial charge on any atom is -0.490 e. The number of nitrogens with zero attached hydrogens (tertiary/aromatic N) is 2. The lowest BCUT2D eigenvalue weighted by Crippen LogP contribution is -2.61. The summed E-state index contributed by atoms with van der Waals surface area (Å²) in [5.41, 5.74) is 15.6. The van der Waals surface area contributed by atoms with Crippen LogP contribution in [0.2, 0.25) is 0 Å². The molecule has 0 amide bonds. The van der Waals surface area contributed by atoms with E-state index in [9.17, 15) is 0 Å². The van der Waals surface area contributed by atoms with Crippen molar-refractivity contribution in [3.8, 4) is 23.0 Å². The van der Waals surface area contributed by atoms with Crippen LogP contribution in [0.25, 0.3) is 11.0 Å². The van der Waals surface area contributed by atoms with E-state index in [2.05, 4.69) is 124 Å². The Balaban J connectivity index is 1.30. The summed E-state index contributed by atoms with van der Waals surface area (Å²) in [6, 6.07) is 28.5. The van der Waals surface area contributed by atoms with Crippen LogP contribution in [0.5, 0.6) is 23.0 Å². The SMILES string of the molecule is Cc1cc2c3c(c1)N(c1c(C)cc(C(C)(C)C)cc1C)c1c(oc4ccccc14)B3c1cc3c(cc1N2c1ccc2c(c1)OCCCO2)OCCCO3. The van der Waals surface area contributed by atoms with Crippen LogP contribution < -0.4 is 45.3 Å². The summed E-state index contributed by atoms with van der Waals surface area (Å²) >= 11 is 0. The Hall–Kier alpha value is -5.50. The molecular formula is C45H43BN2O5. The van der Waals surface area contributed by atoms with Crippen molar-refractivity contribution < 1.29 is 23.4 Å². The summed E-state index contributed by atoms with van der Waals surface area (Å²) in [5.74, 6) is 3.05. The molecule has 4 aliphatic rings. The van der Waals surface area contributed by atoms with E-state index in [0.717, 1.165) is 91.9 Å². The van der Waals surface area contributed by atoms with Crippen molar-refractivity contribution in [1.29, 1.82) is 0 Å². The first-order valence-electron chi connectivity index (χ1n) is 18.9. The normalized spacial score (nSPS) is 15.8. The van der Waals surface area contributed by atoms with Crippen molar-refractivity contribution in [3.63, 3.8) is 0 Å². The van der Waals surface area contributed by atoms with E-state index in [-0.39, 0.29) is 12.1 Å². The highest BCUT2D eigenvalue weighted by Crippen LogP contribution is 2.51. The predicted octanol–water partition coefficient (Wildman–Crippen LogP) is 9.06. The van der Waals surface area contributed by atoms with Gasteiger partial charge in [0, 0.05) is 47.4 Å². The number of hydrogen-bond acceptors (Lipinski definition) is 7. The predicted molar refractivity (Wildman–Crippen MR) is 214 cm³/mol. The number of benzene rings is 5. The summed E-state index contributed by atoms with van der Waals surface area (Å²) < 4.78 is 32.1. The van der Waals surface area contributed by atoms with Gasteiger partial charge in [-0.3, -0.25) is 0 Å². The zero-order valence-electron chi connectivity index (χ0n) is 31.3. The number of ether oxygens (including phenoxy) is 4. The second-order valence-electron chi connectivity index (χ2n) is 15.9. The van der Waals surface area contributed by atoms with E-state index in [0.29, 0.717) is 26.4 Å². The van der Waals surface area contributed by atoms with E-state index in [1.807, 2.05) is 6.07 Å². The van der Waals surface area contributed by atoms with E-state index in [1.54, 1.807) is 0 Å². The third kappa shape index (κ3) is 4.94. The van der Waals surface area contributed by atoms with Gasteiger partial charge < -0.3 is 33.2 Å². The quantitative estimate of drug-likeness (QED) is 0.167. The molecule has 5 heterocycles. The average molecular weight is 703 g/mol. The minimum absolute atomic E-state index is 0.0215. The van der Waals surface area contributed by atoms with Gasteiger partial charge in [-0.1, -0.05) is 45.0 Å². The second-order valence-corrected chi connectivity index (χ2v) is 15.9. The van der Waals surface area contributed by atoms with Crippen molar-refractivity contribution in [2.24, 2.45) is 0 Å². The van der Waals surface area contributed by atoms with Crippen molar-refractivity contribution in [1.82, 2.24) is 0 Å². The first-order chi connectivity index (χ1) is 25.7. The summed E-state index contributed by atoms with van der Waals surface area (Å²) in [6.07, 6.45) is 1.67. The summed E-state index contributed by atoms with van der Waals surface area (Å²) in [4.78, 5) is 4.86. The van der Waals surface area contributed by atoms with Gasteiger partial charge in [0.15, 0.2) is 23.0 Å². The molecule has 5 aromatic carbocycles. The van der Waals surface area contributed by atoms with Gasteiger partial charge in [0.1, 0.15) is 5.58 Å². The molecule has 7 nitrogen and oxygen atoms in total. The van der Waals surface area contributed by atoms with Crippen molar-refractivity contribution >= 4 is 68.4 Å². The molecule has 8 heteroatoms. The molecule has 4 aliphatic heterocycles. The molecule has 0 bridgehead atoms. The summed E-state index contributed by atoms with van der Waals surface area (Å²) in [7, 11) is 0. The number of rotatable bonds is 2. The molecule has 266 valence electrons. The van der Waals surface area contributed by atoms with Gasteiger partial charge in [0.25, 0.3) is 6.71 Å².